The summed E-state index contributed by atoms with van der Waals surface area (Å²) in [5.74, 6) is -0.731. The van der Waals surface area contributed by atoms with E-state index in [1.807, 2.05) is 18.2 Å². The Bertz CT molecular complexity index is 865. The van der Waals surface area contributed by atoms with Crippen LogP contribution in [-0.4, -0.2) is 23.7 Å². The number of hydrogen-bond donors (Lipinski definition) is 2. The number of nitrogens with one attached hydrogen (secondary N) is 1. The summed E-state index contributed by atoms with van der Waals surface area (Å²) in [4.78, 5) is 12.5. The van der Waals surface area contributed by atoms with Gasteiger partial charge in [0.15, 0.2) is 0 Å². The van der Waals surface area contributed by atoms with Crippen LogP contribution >= 0.6 is 0 Å². The largest absolute Gasteiger partial charge is 0.493 e. The lowest BCUT2D eigenvalue weighted by atomic mass is 9.74. The number of aliphatic hydroxyl groups excluding tert-OH is 1. The first-order valence-corrected chi connectivity index (χ1v) is 9.16. The van der Waals surface area contributed by atoms with Gasteiger partial charge in [0, 0.05) is 12.5 Å². The molecule has 0 spiro atoms. The Labute approximate surface area is 156 Å². The number of benzene rings is 2. The van der Waals surface area contributed by atoms with Gasteiger partial charge in [-0.05, 0) is 53.6 Å². The normalized spacial score (nSPS) is 21.7. The zero-order valence-electron chi connectivity index (χ0n) is 14.8. The van der Waals surface area contributed by atoms with Crippen molar-refractivity contribution in [3.05, 3.63) is 64.7 Å². The van der Waals surface area contributed by atoms with Gasteiger partial charge >= 0.3 is 0 Å². The molecule has 1 aliphatic heterocycles. The van der Waals surface area contributed by atoms with Crippen LogP contribution in [0.5, 0.6) is 5.75 Å². The molecule has 2 aromatic rings. The van der Waals surface area contributed by atoms with E-state index >= 15 is 0 Å². The Morgan fingerprint density at radius 1 is 1.22 bits per heavy atom. The molecule has 2 N–H and O–H groups in total. The number of hydrogen-bond acceptors (Lipinski definition) is 3. The van der Waals surface area contributed by atoms with Crippen molar-refractivity contribution in [1.29, 1.82) is 0 Å². The number of halogens is 2. The fourth-order valence-electron chi connectivity index (χ4n) is 3.84. The quantitative estimate of drug-likeness (QED) is 0.847. The summed E-state index contributed by atoms with van der Waals surface area (Å²) in [6.45, 7) is 0.655. The standard InChI is InChI=1S/C21H21F2NO3/c22-16-3-1-12(18(23)11-16)10-20(26)24-21(15-8-17(25)9-15)14-2-4-19-13(7-14)5-6-27-19/h1-4,7,11,15,17,21,25H,5-6,8-10H2,(H,24,26)/t15?,17?,21-/m0/s1. The first-order valence-electron chi connectivity index (χ1n) is 9.16. The van der Waals surface area contributed by atoms with Crippen molar-refractivity contribution < 1.29 is 23.4 Å². The van der Waals surface area contributed by atoms with Gasteiger partial charge in [0.2, 0.25) is 5.91 Å². The Kier molecular flexibility index (Phi) is 4.83. The summed E-state index contributed by atoms with van der Waals surface area (Å²) in [6.07, 6.45) is 1.55. The van der Waals surface area contributed by atoms with Gasteiger partial charge in [-0.1, -0.05) is 12.1 Å². The van der Waals surface area contributed by atoms with Gasteiger partial charge < -0.3 is 15.2 Å². The van der Waals surface area contributed by atoms with E-state index in [2.05, 4.69) is 5.32 Å². The van der Waals surface area contributed by atoms with Crippen LogP contribution in [0.3, 0.4) is 0 Å². The molecule has 2 aromatic carbocycles. The van der Waals surface area contributed by atoms with Crippen LogP contribution in [0.15, 0.2) is 36.4 Å². The SMILES string of the molecule is O=C(Cc1ccc(F)cc1F)N[C@@H](c1ccc2c(c1)CCO2)C1CC(O)C1. The maximum atomic E-state index is 13.8. The van der Waals surface area contributed by atoms with Crippen molar-refractivity contribution in [1.82, 2.24) is 5.32 Å². The van der Waals surface area contributed by atoms with Crippen molar-refractivity contribution >= 4 is 5.91 Å². The number of aliphatic hydroxyl groups is 1. The lowest BCUT2D eigenvalue weighted by Crippen LogP contribution is -2.42. The number of rotatable bonds is 5. The molecule has 4 rings (SSSR count). The van der Waals surface area contributed by atoms with E-state index < -0.39 is 11.6 Å². The van der Waals surface area contributed by atoms with Crippen molar-refractivity contribution in [2.24, 2.45) is 5.92 Å². The predicted molar refractivity (Wildman–Crippen MR) is 95.3 cm³/mol. The number of fused-ring (bicyclic) bond motifs is 1. The molecule has 1 saturated carbocycles. The van der Waals surface area contributed by atoms with Crippen molar-refractivity contribution in [2.45, 2.75) is 37.8 Å². The molecule has 1 heterocycles. The van der Waals surface area contributed by atoms with Crippen LogP contribution in [-0.2, 0) is 17.6 Å². The smallest absolute Gasteiger partial charge is 0.225 e. The maximum absolute atomic E-state index is 13.8. The van der Waals surface area contributed by atoms with Gasteiger partial charge in [-0.3, -0.25) is 4.79 Å². The molecule has 1 atom stereocenters. The lowest BCUT2D eigenvalue weighted by molar-refractivity contribution is -0.122. The molecular weight excluding hydrogens is 352 g/mol. The molecule has 2 aliphatic rings. The number of amides is 1. The Morgan fingerprint density at radius 3 is 2.78 bits per heavy atom. The van der Waals surface area contributed by atoms with Gasteiger partial charge in [-0.15, -0.1) is 0 Å². The Hall–Kier alpha value is -2.47. The molecule has 0 bridgehead atoms. The predicted octanol–water partition coefficient (Wildman–Crippen LogP) is 3.07. The van der Waals surface area contributed by atoms with E-state index in [0.717, 1.165) is 35.4 Å². The third-order valence-electron chi connectivity index (χ3n) is 5.38. The number of ether oxygens (including phenoxy) is 1. The van der Waals surface area contributed by atoms with Crippen LogP contribution in [0.25, 0.3) is 0 Å². The van der Waals surface area contributed by atoms with Crippen molar-refractivity contribution in [3.63, 3.8) is 0 Å². The van der Waals surface area contributed by atoms with Crippen LogP contribution in [0.1, 0.15) is 35.6 Å². The van der Waals surface area contributed by atoms with E-state index in [9.17, 15) is 18.7 Å². The summed E-state index contributed by atoms with van der Waals surface area (Å²) in [7, 11) is 0. The Balaban J connectivity index is 1.52. The molecular formula is C21H21F2NO3. The molecule has 142 valence electrons. The summed E-state index contributed by atoms with van der Waals surface area (Å²) in [5, 5.41) is 12.7. The molecule has 1 fully saturated rings. The average molecular weight is 373 g/mol. The summed E-state index contributed by atoms with van der Waals surface area (Å²) < 4.78 is 32.4. The van der Waals surface area contributed by atoms with Crippen molar-refractivity contribution in [2.75, 3.05) is 6.61 Å². The van der Waals surface area contributed by atoms with Crippen LogP contribution in [0, 0.1) is 17.6 Å². The molecule has 0 saturated heterocycles. The minimum absolute atomic E-state index is 0.127. The van der Waals surface area contributed by atoms with Gasteiger partial charge in [-0.2, -0.15) is 0 Å². The maximum Gasteiger partial charge on any atom is 0.225 e. The van der Waals surface area contributed by atoms with Gasteiger partial charge in [0.25, 0.3) is 0 Å². The van der Waals surface area contributed by atoms with E-state index in [1.165, 1.54) is 6.07 Å². The van der Waals surface area contributed by atoms with Crippen LogP contribution < -0.4 is 10.1 Å². The minimum atomic E-state index is -0.726. The van der Waals surface area contributed by atoms with Crippen LogP contribution in [0.4, 0.5) is 8.78 Å². The monoisotopic (exact) mass is 373 g/mol. The fourth-order valence-corrected chi connectivity index (χ4v) is 3.84. The van der Waals surface area contributed by atoms with Gasteiger partial charge in [0.05, 0.1) is 25.2 Å². The summed E-state index contributed by atoms with van der Waals surface area (Å²) in [6, 6.07) is 8.84. The fraction of sp³-hybridized carbons (Fsp3) is 0.381. The third kappa shape index (κ3) is 3.81. The van der Waals surface area contributed by atoms with E-state index in [1.54, 1.807) is 0 Å². The lowest BCUT2D eigenvalue weighted by Gasteiger charge is -2.38. The van der Waals surface area contributed by atoms with Gasteiger partial charge in [0.1, 0.15) is 17.4 Å². The molecule has 4 nitrogen and oxygen atoms in total. The topological polar surface area (TPSA) is 58.6 Å². The number of carbonyl (C=O) groups excluding carboxylic acids is 1. The Morgan fingerprint density at radius 2 is 2.04 bits per heavy atom. The highest BCUT2D eigenvalue weighted by Crippen LogP contribution is 2.39. The molecule has 0 unspecified atom stereocenters. The zero-order valence-corrected chi connectivity index (χ0v) is 14.8. The highest BCUT2D eigenvalue weighted by molar-refractivity contribution is 5.79. The third-order valence-corrected chi connectivity index (χ3v) is 5.38. The second-order valence-corrected chi connectivity index (χ2v) is 7.31. The minimum Gasteiger partial charge on any atom is -0.493 e. The first kappa shape index (κ1) is 17.9. The van der Waals surface area contributed by atoms with Crippen molar-refractivity contribution in [3.8, 4) is 5.75 Å². The second-order valence-electron chi connectivity index (χ2n) is 7.31. The average Bonchev–Trinajstić information content (AvgIpc) is 3.07. The molecule has 1 amide bonds. The first-order chi connectivity index (χ1) is 13.0. The summed E-state index contributed by atoms with van der Waals surface area (Å²) in [5.41, 5.74) is 2.23. The second kappa shape index (κ2) is 7.27. The summed E-state index contributed by atoms with van der Waals surface area (Å²) >= 11 is 0. The highest BCUT2D eigenvalue weighted by atomic mass is 19.1. The molecule has 0 radical (unpaired) electrons. The molecule has 1 aliphatic carbocycles. The van der Waals surface area contributed by atoms with E-state index in [0.29, 0.717) is 19.4 Å². The number of carbonyl (C=O) groups is 1. The molecule has 0 aromatic heterocycles. The van der Waals surface area contributed by atoms with E-state index in [4.69, 9.17) is 4.74 Å². The molecule has 27 heavy (non-hydrogen) atoms. The highest BCUT2D eigenvalue weighted by Gasteiger charge is 2.36. The van der Waals surface area contributed by atoms with E-state index in [-0.39, 0.29) is 36.0 Å². The zero-order chi connectivity index (χ0) is 19.0. The van der Waals surface area contributed by atoms with Crippen LogP contribution in [0.2, 0.25) is 0 Å². The molecule has 6 heteroatoms. The van der Waals surface area contributed by atoms with Gasteiger partial charge in [-0.25, -0.2) is 8.78 Å².